The molecule has 1 amide bonds. The van der Waals surface area contributed by atoms with E-state index in [1.54, 1.807) is 18.2 Å². The summed E-state index contributed by atoms with van der Waals surface area (Å²) in [5.41, 5.74) is 4.47. The van der Waals surface area contributed by atoms with Crippen molar-refractivity contribution in [2.75, 3.05) is 0 Å². The molecule has 15 heavy (non-hydrogen) atoms. The fourth-order valence-electron chi connectivity index (χ4n) is 0.610. The van der Waals surface area contributed by atoms with Crippen LogP contribution < -0.4 is 15.1 Å². The summed E-state index contributed by atoms with van der Waals surface area (Å²) < 4.78 is 25.1. The number of hydrogen-bond donors (Lipinski definition) is 2. The first-order valence-electron chi connectivity index (χ1n) is 3.84. The predicted octanol–water partition coefficient (Wildman–Crippen LogP) is -0.239. The van der Waals surface area contributed by atoms with Crippen molar-refractivity contribution in [3.05, 3.63) is 30.3 Å². The van der Waals surface area contributed by atoms with Gasteiger partial charge in [0.15, 0.2) is 0 Å². The molecular weight excluding hydrogens is 220 g/mol. The third-order valence-corrected chi connectivity index (χ3v) is 1.38. The van der Waals surface area contributed by atoms with E-state index in [-0.39, 0.29) is 11.7 Å². The molecule has 0 unspecified atom stereocenters. The molecule has 1 aromatic rings. The van der Waals surface area contributed by atoms with Gasteiger partial charge in [0.1, 0.15) is 5.75 Å². The van der Waals surface area contributed by atoms with Crippen LogP contribution in [0.3, 0.4) is 0 Å². The van der Waals surface area contributed by atoms with E-state index in [9.17, 15) is 13.2 Å². The highest BCUT2D eigenvalue weighted by Crippen LogP contribution is 2.09. The van der Waals surface area contributed by atoms with Gasteiger partial charge in [0, 0.05) is 6.92 Å². The number of primary amides is 1. The number of carbonyl (C=O) groups is 1. The van der Waals surface area contributed by atoms with Crippen LogP contribution in [-0.4, -0.2) is 14.3 Å². The van der Waals surface area contributed by atoms with E-state index >= 15 is 0 Å². The van der Waals surface area contributed by atoms with Crippen LogP contribution >= 0.6 is 0 Å². The Kier molecular flexibility index (Phi) is 5.35. The highest BCUT2D eigenvalue weighted by atomic mass is 32.2. The van der Waals surface area contributed by atoms with Crippen LogP contribution in [0.25, 0.3) is 0 Å². The molecule has 0 radical (unpaired) electrons. The highest BCUT2D eigenvalue weighted by Gasteiger charge is 2.02. The van der Waals surface area contributed by atoms with Gasteiger partial charge in [-0.1, -0.05) is 18.2 Å². The maximum absolute atomic E-state index is 10.4. The summed E-state index contributed by atoms with van der Waals surface area (Å²) in [7, 11) is -3.88. The minimum Gasteiger partial charge on any atom is -0.371 e. The quantitative estimate of drug-likeness (QED) is 0.732. The lowest BCUT2D eigenvalue weighted by molar-refractivity contribution is -0.115. The van der Waals surface area contributed by atoms with Gasteiger partial charge in [-0.2, -0.15) is 13.6 Å². The highest BCUT2D eigenvalue weighted by molar-refractivity contribution is 7.84. The summed E-state index contributed by atoms with van der Waals surface area (Å²) in [4.78, 5) is 9.22. The second-order valence-corrected chi connectivity index (χ2v) is 3.65. The van der Waals surface area contributed by atoms with Crippen molar-refractivity contribution in [2.45, 2.75) is 6.92 Å². The van der Waals surface area contributed by atoms with Crippen molar-refractivity contribution < 1.29 is 17.4 Å². The lowest BCUT2D eigenvalue weighted by atomic mass is 10.3. The molecule has 6 nitrogen and oxygen atoms in total. The second kappa shape index (κ2) is 5.99. The molecule has 84 valence electrons. The first kappa shape index (κ1) is 13.4. The minimum absolute atomic E-state index is 0.218. The molecule has 0 spiro atoms. The van der Waals surface area contributed by atoms with Crippen LogP contribution in [0.1, 0.15) is 6.92 Å². The predicted molar refractivity (Wildman–Crippen MR) is 55.0 cm³/mol. The molecule has 1 rings (SSSR count). The molecule has 4 N–H and O–H groups in total. The molecule has 0 saturated heterocycles. The van der Waals surface area contributed by atoms with Gasteiger partial charge in [0.2, 0.25) is 5.91 Å². The third kappa shape index (κ3) is 10.3. The van der Waals surface area contributed by atoms with Crippen LogP contribution in [0.5, 0.6) is 5.75 Å². The molecule has 0 aliphatic rings. The van der Waals surface area contributed by atoms with Gasteiger partial charge in [-0.25, -0.2) is 0 Å². The average molecular weight is 232 g/mol. The zero-order valence-electron chi connectivity index (χ0n) is 8.08. The first-order valence-corrected chi connectivity index (χ1v) is 5.31. The molecule has 0 atom stereocenters. The Hall–Kier alpha value is -1.60. The van der Waals surface area contributed by atoms with Crippen LogP contribution in [-0.2, 0) is 15.1 Å². The number of carbonyl (C=O) groups excluding carboxylic acids is 1. The Morgan fingerprint density at radius 2 is 1.67 bits per heavy atom. The largest absolute Gasteiger partial charge is 0.380 e. The van der Waals surface area contributed by atoms with Crippen molar-refractivity contribution in [1.82, 2.24) is 0 Å². The Morgan fingerprint density at radius 3 is 2.00 bits per heavy atom. The molecule has 7 heteroatoms. The number of rotatable bonds is 2. The number of hydrogen-bond acceptors (Lipinski definition) is 4. The Bertz CT molecular complexity index is 398. The lowest BCUT2D eigenvalue weighted by Crippen LogP contribution is -2.18. The lowest BCUT2D eigenvalue weighted by Gasteiger charge is -1.99. The maximum Gasteiger partial charge on any atom is 0.380 e. The van der Waals surface area contributed by atoms with Gasteiger partial charge in [-0.3, -0.25) is 4.79 Å². The molecule has 0 fully saturated rings. The van der Waals surface area contributed by atoms with E-state index < -0.39 is 10.3 Å². The van der Waals surface area contributed by atoms with E-state index in [1.807, 2.05) is 0 Å². The molecule has 0 heterocycles. The van der Waals surface area contributed by atoms with Gasteiger partial charge < -0.3 is 9.92 Å². The topological polar surface area (TPSA) is 112 Å². The number of amides is 1. The van der Waals surface area contributed by atoms with Crippen molar-refractivity contribution in [1.29, 1.82) is 0 Å². The monoisotopic (exact) mass is 232 g/mol. The summed E-state index contributed by atoms with van der Waals surface area (Å²) in [6.45, 7) is 1.31. The molecule has 0 bridgehead atoms. The van der Waals surface area contributed by atoms with E-state index in [1.165, 1.54) is 19.1 Å². The van der Waals surface area contributed by atoms with Gasteiger partial charge in [-0.05, 0) is 12.1 Å². The number of nitrogens with two attached hydrogens (primary N) is 2. The summed E-state index contributed by atoms with van der Waals surface area (Å²) in [6, 6.07) is 8.06. The Morgan fingerprint density at radius 1 is 1.27 bits per heavy atom. The Labute approximate surface area is 88.1 Å². The maximum atomic E-state index is 10.4. The van der Waals surface area contributed by atoms with Crippen LogP contribution in [0.4, 0.5) is 0 Å². The summed E-state index contributed by atoms with van der Waals surface area (Å²) >= 11 is 0. The molecule has 0 aliphatic carbocycles. The van der Waals surface area contributed by atoms with Gasteiger partial charge in [-0.15, -0.1) is 0 Å². The van der Waals surface area contributed by atoms with Crippen molar-refractivity contribution in [2.24, 2.45) is 10.9 Å². The average Bonchev–Trinajstić information content (AvgIpc) is 2.01. The number of para-hydroxylation sites is 1. The first-order chi connectivity index (χ1) is 6.81. The third-order valence-electron chi connectivity index (χ3n) is 0.956. The van der Waals surface area contributed by atoms with E-state index in [0.717, 1.165) is 0 Å². The van der Waals surface area contributed by atoms with E-state index in [2.05, 4.69) is 15.1 Å². The fraction of sp³-hybridized carbons (Fsp3) is 0.125. The second-order valence-electron chi connectivity index (χ2n) is 2.50. The molecule has 0 saturated carbocycles. The normalized spacial score (nSPS) is 9.73. The van der Waals surface area contributed by atoms with Crippen LogP contribution in [0.2, 0.25) is 0 Å². The Balaban J connectivity index is 0.000000423. The summed E-state index contributed by atoms with van der Waals surface area (Å²) in [5, 5.41) is 4.62. The fourth-order valence-corrected chi connectivity index (χ4v) is 0.990. The van der Waals surface area contributed by atoms with Gasteiger partial charge in [0.05, 0.1) is 0 Å². The van der Waals surface area contributed by atoms with Gasteiger partial charge >= 0.3 is 10.3 Å². The van der Waals surface area contributed by atoms with Crippen LogP contribution in [0, 0.1) is 0 Å². The summed E-state index contributed by atoms with van der Waals surface area (Å²) in [6.07, 6.45) is 0. The smallest absolute Gasteiger partial charge is 0.371 e. The van der Waals surface area contributed by atoms with E-state index in [4.69, 9.17) is 0 Å². The zero-order valence-corrected chi connectivity index (χ0v) is 8.90. The molecular formula is C8H12N2O4S. The van der Waals surface area contributed by atoms with Crippen molar-refractivity contribution >= 4 is 16.2 Å². The van der Waals surface area contributed by atoms with Crippen LogP contribution in [0.15, 0.2) is 30.3 Å². The van der Waals surface area contributed by atoms with Crippen molar-refractivity contribution in [3.8, 4) is 5.75 Å². The SMILES string of the molecule is CC(N)=O.NS(=O)(=O)Oc1ccccc1. The minimum atomic E-state index is -3.88. The van der Waals surface area contributed by atoms with E-state index in [0.29, 0.717) is 0 Å². The summed E-state index contributed by atoms with van der Waals surface area (Å²) in [5.74, 6) is -0.116. The number of benzene rings is 1. The molecule has 0 aromatic heterocycles. The van der Waals surface area contributed by atoms with Gasteiger partial charge in [0.25, 0.3) is 0 Å². The standard InChI is InChI=1S/C6H7NO3S.C2H5NO/c7-11(8,9)10-6-4-2-1-3-5-6;1-2(3)4/h1-5H,(H2,7,8,9);1H3,(H2,3,4). The molecule has 0 aliphatic heterocycles. The molecule has 1 aromatic carbocycles. The van der Waals surface area contributed by atoms with Crippen molar-refractivity contribution in [3.63, 3.8) is 0 Å². The zero-order chi connectivity index (χ0) is 11.9.